The Morgan fingerprint density at radius 1 is 1.30 bits per heavy atom. The number of benzene rings is 1. The first-order chi connectivity index (χ1) is 13.1. The number of aliphatic imine (C=N–C) groups is 1. The predicted octanol–water partition coefficient (Wildman–Crippen LogP) is 2.85. The topological polar surface area (TPSA) is 54.7 Å². The van der Waals surface area contributed by atoms with Crippen molar-refractivity contribution in [1.82, 2.24) is 20.0 Å². The number of rotatable bonds is 5. The Labute approximate surface area is 162 Å². The highest BCUT2D eigenvalue weighted by Crippen LogP contribution is 2.24. The number of hydrogen-bond acceptors (Lipinski definition) is 3. The Hall–Kier alpha value is -2.34. The standard InChI is InChI=1S/C21H31N5O/c1-16-8-5-6-9-19(16)20-15-25(12-13-27-20)21(22-4)23-10-7-11-26-18(3)14-17(2)24-26/h5-6,8-9,14,20H,7,10-13,15H2,1-4H3,(H,22,23). The summed E-state index contributed by atoms with van der Waals surface area (Å²) in [4.78, 5) is 6.78. The summed E-state index contributed by atoms with van der Waals surface area (Å²) in [5.41, 5.74) is 4.83. The first-order valence-corrected chi connectivity index (χ1v) is 9.72. The quantitative estimate of drug-likeness (QED) is 0.500. The van der Waals surface area contributed by atoms with Gasteiger partial charge in [0, 0.05) is 32.4 Å². The molecular formula is C21H31N5O. The van der Waals surface area contributed by atoms with Gasteiger partial charge in [0.05, 0.1) is 18.8 Å². The lowest BCUT2D eigenvalue weighted by molar-refractivity contribution is -0.00831. The molecule has 1 unspecified atom stereocenters. The molecule has 1 N–H and O–H groups in total. The van der Waals surface area contributed by atoms with Crippen LogP contribution in [0.25, 0.3) is 0 Å². The maximum absolute atomic E-state index is 6.03. The van der Waals surface area contributed by atoms with E-state index >= 15 is 0 Å². The normalized spacial score (nSPS) is 18.0. The van der Waals surface area contributed by atoms with Crippen molar-refractivity contribution >= 4 is 5.96 Å². The van der Waals surface area contributed by atoms with Crippen LogP contribution in [-0.2, 0) is 11.3 Å². The average molecular weight is 370 g/mol. The van der Waals surface area contributed by atoms with Crippen molar-refractivity contribution in [3.8, 4) is 0 Å². The molecule has 6 heteroatoms. The molecule has 3 rings (SSSR count). The zero-order valence-corrected chi connectivity index (χ0v) is 16.9. The fraction of sp³-hybridized carbons (Fsp3) is 0.524. The Morgan fingerprint density at radius 3 is 2.81 bits per heavy atom. The summed E-state index contributed by atoms with van der Waals surface area (Å²) >= 11 is 0. The van der Waals surface area contributed by atoms with Crippen molar-refractivity contribution in [2.45, 2.75) is 39.8 Å². The van der Waals surface area contributed by atoms with Crippen LogP contribution in [0.2, 0.25) is 0 Å². The van der Waals surface area contributed by atoms with Crippen molar-refractivity contribution < 1.29 is 4.74 Å². The molecule has 6 nitrogen and oxygen atoms in total. The van der Waals surface area contributed by atoms with E-state index in [0.29, 0.717) is 6.61 Å². The molecule has 0 radical (unpaired) electrons. The van der Waals surface area contributed by atoms with Crippen LogP contribution in [0, 0.1) is 20.8 Å². The lowest BCUT2D eigenvalue weighted by Gasteiger charge is -2.35. The van der Waals surface area contributed by atoms with Crippen LogP contribution in [-0.4, -0.2) is 53.9 Å². The van der Waals surface area contributed by atoms with Gasteiger partial charge in [0.1, 0.15) is 6.10 Å². The number of ether oxygens (including phenoxy) is 1. The van der Waals surface area contributed by atoms with Gasteiger partial charge in [0.15, 0.2) is 5.96 Å². The predicted molar refractivity (Wildman–Crippen MR) is 109 cm³/mol. The van der Waals surface area contributed by atoms with E-state index in [1.165, 1.54) is 16.8 Å². The fourth-order valence-electron chi connectivity index (χ4n) is 3.64. The number of nitrogens with zero attached hydrogens (tertiary/aromatic N) is 4. The van der Waals surface area contributed by atoms with Gasteiger partial charge in [-0.2, -0.15) is 5.10 Å². The van der Waals surface area contributed by atoms with Crippen LogP contribution in [0.4, 0.5) is 0 Å². The van der Waals surface area contributed by atoms with Crippen molar-refractivity contribution in [3.05, 3.63) is 52.8 Å². The van der Waals surface area contributed by atoms with E-state index in [1.54, 1.807) is 0 Å². The van der Waals surface area contributed by atoms with E-state index in [4.69, 9.17) is 4.74 Å². The fourth-order valence-corrected chi connectivity index (χ4v) is 3.64. The molecule has 1 aliphatic rings. The molecule has 0 bridgehead atoms. The van der Waals surface area contributed by atoms with Gasteiger partial charge in [-0.15, -0.1) is 0 Å². The maximum atomic E-state index is 6.03. The molecule has 0 saturated carbocycles. The van der Waals surface area contributed by atoms with Crippen LogP contribution in [0.5, 0.6) is 0 Å². The minimum atomic E-state index is 0.0909. The molecule has 146 valence electrons. The third-order valence-corrected chi connectivity index (χ3v) is 5.05. The lowest BCUT2D eigenvalue weighted by Crippen LogP contribution is -2.48. The molecular weight excluding hydrogens is 338 g/mol. The lowest BCUT2D eigenvalue weighted by atomic mass is 10.0. The molecule has 2 aromatic rings. The first kappa shape index (κ1) is 19.4. The molecule has 0 spiro atoms. The second-order valence-electron chi connectivity index (χ2n) is 7.14. The van der Waals surface area contributed by atoms with Gasteiger partial charge < -0.3 is 15.0 Å². The van der Waals surface area contributed by atoms with Crippen molar-refractivity contribution in [3.63, 3.8) is 0 Å². The van der Waals surface area contributed by atoms with E-state index in [0.717, 1.165) is 44.3 Å². The molecule has 0 amide bonds. The summed E-state index contributed by atoms with van der Waals surface area (Å²) in [6, 6.07) is 10.6. The van der Waals surface area contributed by atoms with Crippen LogP contribution < -0.4 is 5.32 Å². The summed E-state index contributed by atoms with van der Waals surface area (Å²) in [5, 5.41) is 8.02. The highest BCUT2D eigenvalue weighted by atomic mass is 16.5. The number of aryl methyl sites for hydroxylation is 4. The van der Waals surface area contributed by atoms with Gasteiger partial charge in [-0.05, 0) is 44.4 Å². The van der Waals surface area contributed by atoms with Gasteiger partial charge in [0.2, 0.25) is 0 Å². The first-order valence-electron chi connectivity index (χ1n) is 9.72. The average Bonchev–Trinajstić information content (AvgIpc) is 2.99. The van der Waals surface area contributed by atoms with Crippen LogP contribution >= 0.6 is 0 Å². The number of morpholine rings is 1. The molecule has 1 atom stereocenters. The van der Waals surface area contributed by atoms with E-state index in [9.17, 15) is 0 Å². The van der Waals surface area contributed by atoms with Crippen molar-refractivity contribution in [2.75, 3.05) is 33.3 Å². The SMILES string of the molecule is CN=C(NCCCn1nc(C)cc1C)N1CCOC(c2ccccc2C)C1. The summed E-state index contributed by atoms with van der Waals surface area (Å²) in [5.74, 6) is 0.949. The minimum Gasteiger partial charge on any atom is -0.370 e. The maximum Gasteiger partial charge on any atom is 0.193 e. The van der Waals surface area contributed by atoms with Crippen molar-refractivity contribution in [2.24, 2.45) is 4.99 Å². The summed E-state index contributed by atoms with van der Waals surface area (Å²) in [6.45, 7) is 10.5. The molecule has 27 heavy (non-hydrogen) atoms. The van der Waals surface area contributed by atoms with Crippen molar-refractivity contribution in [1.29, 1.82) is 0 Å². The molecule has 0 aliphatic carbocycles. The molecule has 1 aliphatic heterocycles. The summed E-state index contributed by atoms with van der Waals surface area (Å²) in [7, 11) is 1.85. The molecule has 2 heterocycles. The minimum absolute atomic E-state index is 0.0909. The van der Waals surface area contributed by atoms with E-state index < -0.39 is 0 Å². The van der Waals surface area contributed by atoms with Crippen LogP contribution in [0.3, 0.4) is 0 Å². The third kappa shape index (κ3) is 4.89. The second-order valence-corrected chi connectivity index (χ2v) is 7.14. The zero-order chi connectivity index (χ0) is 19.2. The Balaban J connectivity index is 1.52. The summed E-state index contributed by atoms with van der Waals surface area (Å²) < 4.78 is 8.10. The number of guanidine groups is 1. The van der Waals surface area contributed by atoms with E-state index in [2.05, 4.69) is 69.2 Å². The van der Waals surface area contributed by atoms with Gasteiger partial charge in [0.25, 0.3) is 0 Å². The van der Waals surface area contributed by atoms with Gasteiger partial charge >= 0.3 is 0 Å². The Morgan fingerprint density at radius 2 is 2.11 bits per heavy atom. The number of nitrogens with one attached hydrogen (secondary N) is 1. The molecule has 1 saturated heterocycles. The highest BCUT2D eigenvalue weighted by molar-refractivity contribution is 5.80. The molecule has 1 aromatic heterocycles. The Kier molecular flexibility index (Phi) is 6.50. The van der Waals surface area contributed by atoms with Crippen LogP contribution in [0.1, 0.15) is 35.0 Å². The largest absolute Gasteiger partial charge is 0.370 e. The number of aromatic nitrogens is 2. The highest BCUT2D eigenvalue weighted by Gasteiger charge is 2.24. The second kappa shape index (κ2) is 9.04. The van der Waals surface area contributed by atoms with E-state index in [1.807, 2.05) is 14.0 Å². The zero-order valence-electron chi connectivity index (χ0n) is 16.9. The monoisotopic (exact) mass is 369 g/mol. The number of hydrogen-bond donors (Lipinski definition) is 1. The Bertz CT molecular complexity index is 783. The summed E-state index contributed by atoms with van der Waals surface area (Å²) in [6.07, 6.45) is 1.10. The van der Waals surface area contributed by atoms with E-state index in [-0.39, 0.29) is 6.10 Å². The van der Waals surface area contributed by atoms with Gasteiger partial charge in [-0.1, -0.05) is 24.3 Å². The molecule has 1 aromatic carbocycles. The van der Waals surface area contributed by atoms with Gasteiger partial charge in [-0.25, -0.2) is 0 Å². The molecule has 1 fully saturated rings. The third-order valence-electron chi connectivity index (χ3n) is 5.05. The smallest absolute Gasteiger partial charge is 0.193 e. The van der Waals surface area contributed by atoms with Gasteiger partial charge in [-0.3, -0.25) is 9.67 Å². The van der Waals surface area contributed by atoms with Crippen LogP contribution in [0.15, 0.2) is 35.3 Å².